The van der Waals surface area contributed by atoms with Gasteiger partial charge in [-0.15, -0.1) is 0 Å². The fourth-order valence-electron chi connectivity index (χ4n) is 5.04. The van der Waals surface area contributed by atoms with Gasteiger partial charge < -0.3 is 34.0 Å². The number of unbranched alkanes of at least 4 members (excludes halogenated alkanes) is 1. The van der Waals surface area contributed by atoms with Gasteiger partial charge >= 0.3 is 0 Å². The lowest BCUT2D eigenvalue weighted by molar-refractivity contribution is -0.142. The molecule has 0 bridgehead atoms. The number of ether oxygens (including phenoxy) is 2. The topological polar surface area (TPSA) is 101 Å². The minimum absolute atomic E-state index is 0.0346. The Morgan fingerprint density at radius 2 is 1.89 bits per heavy atom. The van der Waals surface area contributed by atoms with Crippen molar-refractivity contribution in [3.63, 3.8) is 0 Å². The molecule has 0 saturated carbocycles. The third-order valence-electron chi connectivity index (χ3n) is 7.19. The average molecular weight is 520 g/mol. The quantitative estimate of drug-likeness (QED) is 0.225. The second kappa shape index (κ2) is 16.8. The van der Waals surface area contributed by atoms with Gasteiger partial charge in [0.1, 0.15) is 0 Å². The summed E-state index contributed by atoms with van der Waals surface area (Å²) in [6.07, 6.45) is 4.24. The predicted octanol–water partition coefficient (Wildman–Crippen LogP) is 3.20. The highest BCUT2D eigenvalue weighted by molar-refractivity contribution is 7.46. The normalized spacial score (nSPS) is 21.4. The Morgan fingerprint density at radius 1 is 1.20 bits per heavy atom. The Labute approximate surface area is 214 Å². The molecule has 7 unspecified atom stereocenters. The number of carbonyl (C=O) groups excluding carboxylic acids is 2. The van der Waals surface area contributed by atoms with Crippen LogP contribution >= 0.6 is 8.38 Å². The predicted molar refractivity (Wildman–Crippen MR) is 140 cm³/mol. The minimum atomic E-state index is -1.69. The number of hydrogen-bond donors (Lipinski definition) is 2. The number of carbonyl (C=O) groups is 2. The monoisotopic (exact) mass is 519 g/mol. The first kappa shape index (κ1) is 32.2. The van der Waals surface area contributed by atoms with Crippen LogP contribution in [0.3, 0.4) is 0 Å². The van der Waals surface area contributed by atoms with Gasteiger partial charge in [0.2, 0.25) is 11.8 Å². The van der Waals surface area contributed by atoms with Gasteiger partial charge in [-0.05, 0) is 39.3 Å². The van der Waals surface area contributed by atoms with Gasteiger partial charge in [-0.2, -0.15) is 0 Å². The van der Waals surface area contributed by atoms with E-state index in [9.17, 15) is 14.5 Å². The van der Waals surface area contributed by atoms with Crippen LogP contribution in [0.2, 0.25) is 0 Å². The van der Waals surface area contributed by atoms with Crippen LogP contribution in [0.1, 0.15) is 66.2 Å². The number of amides is 2. The maximum Gasteiger partial charge on any atom is 0.225 e. The molecule has 7 atom stereocenters. The van der Waals surface area contributed by atoms with Crippen LogP contribution in [0.5, 0.6) is 0 Å². The molecule has 2 amide bonds. The molecule has 0 aromatic rings. The fraction of sp³-hybridized carbons (Fsp3) is 0.920. The number of likely N-dealkylation sites (N-methyl/N-ethyl adjacent to an activating group) is 1. The van der Waals surface area contributed by atoms with E-state index in [1.54, 1.807) is 14.2 Å². The average Bonchev–Trinajstić information content (AvgIpc) is 3.31. The summed E-state index contributed by atoms with van der Waals surface area (Å²) < 4.78 is 16.9. The first-order valence-corrected chi connectivity index (χ1v) is 14.4. The van der Waals surface area contributed by atoms with Crippen molar-refractivity contribution in [3.05, 3.63) is 0 Å². The smallest absolute Gasteiger partial charge is 0.225 e. The van der Waals surface area contributed by atoms with Crippen LogP contribution in [0.15, 0.2) is 0 Å². The standard InChI is InChI=1S/C25H50N3O6P/c1-9-11-15-34-35(31)17-26-25(30)19(4)24(33-8)20-13-12-14-28(20)22(29)16-21(32-7)23(27(5)6)18(3)10-2/h18-21,23-24,31H,9-17H2,1-8H3,(H,26,30). The molecule has 1 heterocycles. The first-order valence-electron chi connectivity index (χ1n) is 13.0. The van der Waals surface area contributed by atoms with E-state index in [2.05, 4.69) is 31.0 Å². The van der Waals surface area contributed by atoms with Gasteiger partial charge in [0.15, 0.2) is 8.38 Å². The second-order valence-electron chi connectivity index (χ2n) is 9.84. The van der Waals surface area contributed by atoms with Crippen molar-refractivity contribution in [2.45, 2.75) is 90.5 Å². The zero-order chi connectivity index (χ0) is 26.5. The van der Waals surface area contributed by atoms with E-state index in [-0.39, 0.29) is 36.3 Å². The summed E-state index contributed by atoms with van der Waals surface area (Å²) in [5.74, 6) is -0.274. The molecule has 10 heteroatoms. The fourth-order valence-corrected chi connectivity index (χ4v) is 5.76. The molecule has 1 rings (SSSR count). The summed E-state index contributed by atoms with van der Waals surface area (Å²) in [5.41, 5.74) is 0. The second-order valence-corrected chi connectivity index (χ2v) is 11.1. The number of methoxy groups -OCH3 is 2. The zero-order valence-electron chi connectivity index (χ0n) is 23.2. The van der Waals surface area contributed by atoms with Gasteiger partial charge in [-0.3, -0.25) is 9.59 Å². The molecule has 1 aliphatic rings. The van der Waals surface area contributed by atoms with E-state index >= 15 is 0 Å². The Hall–Kier alpha value is -0.830. The van der Waals surface area contributed by atoms with Crippen LogP contribution in [0.25, 0.3) is 0 Å². The maximum atomic E-state index is 13.4. The first-order chi connectivity index (χ1) is 16.6. The van der Waals surface area contributed by atoms with Crippen LogP contribution < -0.4 is 5.32 Å². The Balaban J connectivity index is 2.81. The van der Waals surface area contributed by atoms with Crippen LogP contribution in [0.4, 0.5) is 0 Å². The van der Waals surface area contributed by atoms with Gasteiger partial charge in [0.25, 0.3) is 0 Å². The van der Waals surface area contributed by atoms with Crippen LogP contribution in [0, 0.1) is 11.8 Å². The number of rotatable bonds is 17. The highest BCUT2D eigenvalue weighted by Gasteiger charge is 2.41. The lowest BCUT2D eigenvalue weighted by Gasteiger charge is -2.38. The number of nitrogens with one attached hydrogen (secondary N) is 1. The Morgan fingerprint density at radius 3 is 2.43 bits per heavy atom. The number of hydrogen-bond acceptors (Lipinski definition) is 7. The molecule has 1 saturated heterocycles. The summed E-state index contributed by atoms with van der Waals surface area (Å²) in [5, 5.41) is 2.78. The molecular formula is C25H50N3O6P. The molecule has 9 nitrogen and oxygen atoms in total. The van der Waals surface area contributed by atoms with Crippen molar-refractivity contribution in [2.24, 2.45) is 11.8 Å². The van der Waals surface area contributed by atoms with Crippen molar-refractivity contribution in [1.29, 1.82) is 0 Å². The molecule has 0 spiro atoms. The minimum Gasteiger partial charge on any atom is -0.379 e. The van der Waals surface area contributed by atoms with E-state index in [0.717, 1.165) is 32.1 Å². The summed E-state index contributed by atoms with van der Waals surface area (Å²) in [6, 6.07) is -0.0468. The van der Waals surface area contributed by atoms with Crippen molar-refractivity contribution in [3.8, 4) is 0 Å². The van der Waals surface area contributed by atoms with Gasteiger partial charge in [-0.25, -0.2) is 0 Å². The summed E-state index contributed by atoms with van der Waals surface area (Å²) in [6.45, 7) is 9.34. The number of nitrogens with zero attached hydrogens (tertiary/aromatic N) is 2. The van der Waals surface area contributed by atoms with E-state index in [4.69, 9.17) is 14.0 Å². The molecule has 1 fully saturated rings. The molecule has 0 aromatic heterocycles. The molecule has 2 N–H and O–H groups in total. The number of likely N-dealkylation sites (tertiary alicyclic amines) is 1. The molecule has 0 aliphatic carbocycles. The van der Waals surface area contributed by atoms with E-state index in [1.165, 1.54) is 0 Å². The van der Waals surface area contributed by atoms with Gasteiger partial charge in [0, 0.05) is 26.8 Å². The van der Waals surface area contributed by atoms with Crippen LogP contribution in [-0.2, 0) is 23.6 Å². The zero-order valence-corrected chi connectivity index (χ0v) is 24.1. The third kappa shape index (κ3) is 9.86. The molecule has 206 valence electrons. The largest absolute Gasteiger partial charge is 0.379 e. The van der Waals surface area contributed by atoms with Crippen LogP contribution in [-0.4, -0.2) is 98.6 Å². The Kier molecular flexibility index (Phi) is 15.5. The van der Waals surface area contributed by atoms with Crippen molar-refractivity contribution in [1.82, 2.24) is 15.1 Å². The van der Waals surface area contributed by atoms with Gasteiger partial charge in [0.05, 0.1) is 43.5 Å². The third-order valence-corrected chi connectivity index (χ3v) is 8.10. The molecular weight excluding hydrogens is 469 g/mol. The molecule has 0 radical (unpaired) electrons. The Bertz CT molecular complexity index is 626. The van der Waals surface area contributed by atoms with E-state index < -0.39 is 20.4 Å². The van der Waals surface area contributed by atoms with Crippen molar-refractivity contribution >= 4 is 20.2 Å². The SMILES string of the molecule is CCCCOP(O)CNC(=O)C(C)C(OC)C1CCCN1C(=O)CC(OC)C(C(C)CC)N(C)C. The van der Waals surface area contributed by atoms with Crippen molar-refractivity contribution in [2.75, 3.05) is 47.8 Å². The lowest BCUT2D eigenvalue weighted by Crippen LogP contribution is -2.52. The molecule has 0 aromatic carbocycles. The summed E-state index contributed by atoms with van der Waals surface area (Å²) in [7, 11) is 5.63. The highest BCUT2D eigenvalue weighted by Crippen LogP contribution is 2.31. The summed E-state index contributed by atoms with van der Waals surface area (Å²) >= 11 is 0. The lowest BCUT2D eigenvalue weighted by atomic mass is 9.91. The van der Waals surface area contributed by atoms with Gasteiger partial charge in [-0.1, -0.05) is 40.5 Å². The van der Waals surface area contributed by atoms with Crippen molar-refractivity contribution < 1.29 is 28.5 Å². The highest BCUT2D eigenvalue weighted by atomic mass is 31.2. The molecule has 1 aliphatic heterocycles. The van der Waals surface area contributed by atoms with E-state index in [0.29, 0.717) is 25.5 Å². The maximum absolute atomic E-state index is 13.4. The molecule has 35 heavy (non-hydrogen) atoms. The van der Waals surface area contributed by atoms with E-state index in [1.807, 2.05) is 25.9 Å². The summed E-state index contributed by atoms with van der Waals surface area (Å²) in [4.78, 5) is 40.3.